The lowest BCUT2D eigenvalue weighted by molar-refractivity contribution is -0.137. The van der Waals surface area contributed by atoms with E-state index < -0.39 is 0 Å². The second-order valence-electron chi connectivity index (χ2n) is 4.63. The monoisotopic (exact) mass is 250 g/mol. The van der Waals surface area contributed by atoms with Gasteiger partial charge in [-0.25, -0.2) is 0 Å². The van der Waals surface area contributed by atoms with Gasteiger partial charge < -0.3 is 5.32 Å². The van der Waals surface area contributed by atoms with Crippen LogP contribution in [-0.2, 0) is 16.0 Å². The van der Waals surface area contributed by atoms with Gasteiger partial charge in [-0.15, -0.1) is 0 Å². The van der Waals surface area contributed by atoms with Crippen LogP contribution in [0.1, 0.15) is 24.1 Å². The Hall–Kier alpha value is -1.69. The Morgan fingerprint density at radius 1 is 1.56 bits per heavy atom. The number of aryl methyl sites for hydroxylation is 2. The molecule has 2 heterocycles. The Morgan fingerprint density at radius 3 is 2.89 bits per heavy atom. The molecule has 1 aliphatic rings. The Kier molecular flexibility index (Phi) is 3.76. The number of hydrogen-bond acceptors (Lipinski definition) is 4. The molecule has 0 spiro atoms. The number of nitrogens with zero attached hydrogens (tertiary/aromatic N) is 2. The number of carbonyl (C=O) groups is 2. The van der Waals surface area contributed by atoms with E-state index in [1.165, 1.54) is 17.5 Å². The lowest BCUT2D eigenvalue weighted by atomic mass is 10.1. The maximum Gasteiger partial charge on any atom is 0.246 e. The van der Waals surface area contributed by atoms with Gasteiger partial charge in [-0.05, 0) is 31.9 Å². The van der Waals surface area contributed by atoms with Gasteiger partial charge in [-0.2, -0.15) is 5.10 Å². The summed E-state index contributed by atoms with van der Waals surface area (Å²) in [5.41, 5.74) is 2.28. The van der Waals surface area contributed by atoms with Crippen molar-refractivity contribution in [2.75, 3.05) is 13.6 Å². The molecule has 2 rings (SSSR count). The molecule has 1 aromatic heterocycles. The SMILES string of the molecule is Cc1[nH]ncc1CCCNC1CC(=O)N(C)C1=O. The van der Waals surface area contributed by atoms with Gasteiger partial charge in [-0.1, -0.05) is 0 Å². The first-order chi connectivity index (χ1) is 8.59. The molecule has 0 radical (unpaired) electrons. The number of aromatic nitrogens is 2. The molecule has 18 heavy (non-hydrogen) atoms. The van der Waals surface area contributed by atoms with E-state index in [-0.39, 0.29) is 24.3 Å². The number of H-pyrrole nitrogens is 1. The molecule has 1 fully saturated rings. The van der Waals surface area contributed by atoms with Gasteiger partial charge in [0.25, 0.3) is 0 Å². The molecule has 2 N–H and O–H groups in total. The van der Waals surface area contributed by atoms with Crippen LogP contribution in [0.4, 0.5) is 0 Å². The standard InChI is InChI=1S/C12H18N4O2/c1-8-9(7-14-15-8)4-3-5-13-10-6-11(17)16(2)12(10)18/h7,10,13H,3-6H2,1-2H3,(H,14,15). The smallest absolute Gasteiger partial charge is 0.246 e. The molecule has 0 saturated carbocycles. The zero-order valence-corrected chi connectivity index (χ0v) is 10.7. The summed E-state index contributed by atoms with van der Waals surface area (Å²) in [6.45, 7) is 2.71. The average molecular weight is 250 g/mol. The van der Waals surface area contributed by atoms with Gasteiger partial charge >= 0.3 is 0 Å². The van der Waals surface area contributed by atoms with Crippen LogP contribution in [0.2, 0.25) is 0 Å². The van der Waals surface area contributed by atoms with E-state index in [9.17, 15) is 9.59 Å². The van der Waals surface area contributed by atoms with Crippen LogP contribution in [-0.4, -0.2) is 46.5 Å². The third-order valence-electron chi connectivity index (χ3n) is 3.33. The van der Waals surface area contributed by atoms with Crippen molar-refractivity contribution in [2.24, 2.45) is 0 Å². The molecule has 6 nitrogen and oxygen atoms in total. The molecular formula is C12H18N4O2. The van der Waals surface area contributed by atoms with Crippen LogP contribution in [0, 0.1) is 6.92 Å². The number of aromatic amines is 1. The van der Waals surface area contributed by atoms with Gasteiger partial charge in [0.05, 0.1) is 18.7 Å². The van der Waals surface area contributed by atoms with Gasteiger partial charge in [-0.3, -0.25) is 19.6 Å². The number of hydrogen-bond donors (Lipinski definition) is 2. The Labute approximate surface area is 106 Å². The van der Waals surface area contributed by atoms with Crippen molar-refractivity contribution < 1.29 is 9.59 Å². The molecular weight excluding hydrogens is 232 g/mol. The molecule has 1 aromatic rings. The van der Waals surface area contributed by atoms with Crippen LogP contribution in [0.15, 0.2) is 6.20 Å². The fraction of sp³-hybridized carbons (Fsp3) is 0.583. The highest BCUT2D eigenvalue weighted by Crippen LogP contribution is 2.11. The second-order valence-corrected chi connectivity index (χ2v) is 4.63. The Balaban J connectivity index is 1.72. The van der Waals surface area contributed by atoms with Crippen molar-refractivity contribution in [3.8, 4) is 0 Å². The third-order valence-corrected chi connectivity index (χ3v) is 3.33. The minimum Gasteiger partial charge on any atom is -0.305 e. The molecule has 1 aliphatic heterocycles. The number of likely N-dealkylation sites (N-methyl/N-ethyl adjacent to an activating group) is 1. The van der Waals surface area contributed by atoms with Crippen molar-refractivity contribution >= 4 is 11.8 Å². The predicted octanol–water partition coefficient (Wildman–Crippen LogP) is -0.00238. The van der Waals surface area contributed by atoms with Gasteiger partial charge in [0.15, 0.2) is 0 Å². The van der Waals surface area contributed by atoms with E-state index in [2.05, 4.69) is 15.5 Å². The lowest BCUT2D eigenvalue weighted by Gasteiger charge is -2.10. The Morgan fingerprint density at radius 2 is 2.33 bits per heavy atom. The van der Waals surface area contributed by atoms with Crippen LogP contribution < -0.4 is 5.32 Å². The highest BCUT2D eigenvalue weighted by atomic mass is 16.2. The number of likely N-dealkylation sites (tertiary alicyclic amines) is 1. The number of nitrogens with one attached hydrogen (secondary N) is 2. The fourth-order valence-electron chi connectivity index (χ4n) is 2.10. The molecule has 2 amide bonds. The lowest BCUT2D eigenvalue weighted by Crippen LogP contribution is -2.37. The van der Waals surface area contributed by atoms with Crippen molar-refractivity contribution in [1.29, 1.82) is 0 Å². The van der Waals surface area contributed by atoms with E-state index in [4.69, 9.17) is 0 Å². The van der Waals surface area contributed by atoms with Gasteiger partial charge in [0, 0.05) is 12.7 Å². The molecule has 1 saturated heterocycles. The van der Waals surface area contributed by atoms with Gasteiger partial charge in [0.1, 0.15) is 0 Å². The minimum absolute atomic E-state index is 0.108. The second kappa shape index (κ2) is 5.30. The van der Waals surface area contributed by atoms with Crippen LogP contribution >= 0.6 is 0 Å². The van der Waals surface area contributed by atoms with Crippen LogP contribution in [0.3, 0.4) is 0 Å². The third kappa shape index (κ3) is 2.59. The minimum atomic E-state index is -0.340. The fourth-order valence-corrected chi connectivity index (χ4v) is 2.10. The zero-order valence-electron chi connectivity index (χ0n) is 10.7. The van der Waals surface area contributed by atoms with Crippen molar-refractivity contribution in [1.82, 2.24) is 20.4 Å². The number of imide groups is 1. The first-order valence-corrected chi connectivity index (χ1v) is 6.12. The largest absolute Gasteiger partial charge is 0.305 e. The zero-order chi connectivity index (χ0) is 13.1. The Bertz CT molecular complexity index is 455. The van der Waals surface area contributed by atoms with E-state index in [0.29, 0.717) is 0 Å². The number of carbonyl (C=O) groups excluding carboxylic acids is 2. The highest BCUT2D eigenvalue weighted by Gasteiger charge is 2.35. The molecule has 0 aromatic carbocycles. The quantitative estimate of drug-likeness (QED) is 0.569. The normalized spacial score (nSPS) is 19.9. The van der Waals surface area contributed by atoms with E-state index >= 15 is 0 Å². The predicted molar refractivity (Wildman–Crippen MR) is 65.8 cm³/mol. The molecule has 0 aliphatic carbocycles. The summed E-state index contributed by atoms with van der Waals surface area (Å²) in [7, 11) is 1.53. The first-order valence-electron chi connectivity index (χ1n) is 6.12. The maximum absolute atomic E-state index is 11.6. The summed E-state index contributed by atoms with van der Waals surface area (Å²) in [5, 5.41) is 9.98. The van der Waals surface area contributed by atoms with E-state index in [0.717, 1.165) is 25.1 Å². The van der Waals surface area contributed by atoms with E-state index in [1.54, 1.807) is 0 Å². The first kappa shape index (κ1) is 12.8. The topological polar surface area (TPSA) is 78.1 Å². The average Bonchev–Trinajstić information content (AvgIpc) is 2.85. The van der Waals surface area contributed by atoms with Crippen molar-refractivity contribution in [3.05, 3.63) is 17.5 Å². The molecule has 6 heteroatoms. The summed E-state index contributed by atoms with van der Waals surface area (Å²) in [4.78, 5) is 24.1. The molecule has 1 unspecified atom stereocenters. The molecule has 0 bridgehead atoms. The summed E-state index contributed by atoms with van der Waals surface area (Å²) in [5.74, 6) is -0.234. The summed E-state index contributed by atoms with van der Waals surface area (Å²) < 4.78 is 0. The van der Waals surface area contributed by atoms with Crippen LogP contribution in [0.25, 0.3) is 0 Å². The van der Waals surface area contributed by atoms with E-state index in [1.807, 2.05) is 13.1 Å². The van der Waals surface area contributed by atoms with Gasteiger partial charge in [0.2, 0.25) is 11.8 Å². The number of amides is 2. The number of rotatable bonds is 5. The van der Waals surface area contributed by atoms with Crippen LogP contribution in [0.5, 0.6) is 0 Å². The maximum atomic E-state index is 11.6. The summed E-state index contributed by atoms with van der Waals surface area (Å²) in [6.07, 6.45) is 3.94. The molecule has 98 valence electrons. The van der Waals surface area contributed by atoms with Crippen molar-refractivity contribution in [3.63, 3.8) is 0 Å². The molecule has 1 atom stereocenters. The highest BCUT2D eigenvalue weighted by molar-refractivity contribution is 6.05. The summed E-state index contributed by atoms with van der Waals surface area (Å²) >= 11 is 0. The summed E-state index contributed by atoms with van der Waals surface area (Å²) in [6, 6.07) is -0.340. The van der Waals surface area contributed by atoms with Crippen molar-refractivity contribution in [2.45, 2.75) is 32.2 Å².